The first kappa shape index (κ1) is 16.6. The molecule has 122 valence electrons. The zero-order valence-corrected chi connectivity index (χ0v) is 11.8. The zero-order valence-electron chi connectivity index (χ0n) is 11.8. The molecule has 0 radical (unpaired) electrons. The van der Waals surface area contributed by atoms with Crippen LogP contribution in [0.2, 0.25) is 0 Å². The monoisotopic (exact) mass is 326 g/mol. The van der Waals surface area contributed by atoms with Crippen LogP contribution < -0.4 is 10.1 Å². The maximum absolute atomic E-state index is 12.0. The van der Waals surface area contributed by atoms with E-state index >= 15 is 0 Å². The summed E-state index contributed by atoms with van der Waals surface area (Å²) in [7, 11) is 0. The van der Waals surface area contributed by atoms with E-state index in [0.717, 1.165) is 6.20 Å². The molecule has 2 aromatic rings. The quantitative estimate of drug-likeness (QED) is 0.886. The van der Waals surface area contributed by atoms with E-state index in [4.69, 9.17) is 0 Å². The Morgan fingerprint density at radius 2 is 1.91 bits per heavy atom. The van der Waals surface area contributed by atoms with Gasteiger partial charge >= 0.3 is 6.18 Å². The maximum Gasteiger partial charge on any atom is 0.422 e. The number of hydrogen-bond donors (Lipinski definition) is 2. The van der Waals surface area contributed by atoms with Crippen molar-refractivity contribution in [1.82, 2.24) is 10.3 Å². The number of hydrogen-bond acceptors (Lipinski definition) is 4. The van der Waals surface area contributed by atoms with E-state index in [1.54, 1.807) is 12.1 Å². The van der Waals surface area contributed by atoms with E-state index in [1.807, 2.05) is 0 Å². The predicted molar refractivity (Wildman–Crippen MR) is 75.1 cm³/mol. The molecule has 1 aromatic heterocycles. The smallest absolute Gasteiger partial charge is 0.422 e. The minimum Gasteiger partial charge on any atom is -0.505 e. The Morgan fingerprint density at radius 1 is 1.22 bits per heavy atom. The lowest BCUT2D eigenvalue weighted by atomic mass is 10.2. The number of aromatic hydroxyl groups is 1. The lowest BCUT2D eigenvalue weighted by Gasteiger charge is -2.10. The normalized spacial score (nSPS) is 11.1. The van der Waals surface area contributed by atoms with Gasteiger partial charge in [-0.15, -0.1) is 0 Å². The average Bonchev–Trinajstić information content (AvgIpc) is 2.51. The highest BCUT2D eigenvalue weighted by atomic mass is 19.4. The van der Waals surface area contributed by atoms with Gasteiger partial charge in [0.05, 0.1) is 11.8 Å². The second-order valence-electron chi connectivity index (χ2n) is 4.62. The summed E-state index contributed by atoms with van der Waals surface area (Å²) in [5, 5.41) is 12.1. The van der Waals surface area contributed by atoms with E-state index in [-0.39, 0.29) is 23.6 Å². The van der Waals surface area contributed by atoms with Crippen LogP contribution in [0, 0.1) is 0 Å². The van der Waals surface area contributed by atoms with Gasteiger partial charge in [-0.3, -0.25) is 9.78 Å². The van der Waals surface area contributed by atoms with Crippen molar-refractivity contribution < 1.29 is 27.8 Å². The van der Waals surface area contributed by atoms with E-state index in [1.165, 1.54) is 24.4 Å². The molecule has 0 saturated carbocycles. The number of aromatic nitrogens is 1. The van der Waals surface area contributed by atoms with E-state index < -0.39 is 18.7 Å². The molecule has 0 aliphatic heterocycles. The Bertz CT molecular complexity index is 672. The topological polar surface area (TPSA) is 71.5 Å². The van der Waals surface area contributed by atoms with Crippen LogP contribution in [-0.4, -0.2) is 28.8 Å². The first-order valence-corrected chi connectivity index (χ1v) is 6.55. The summed E-state index contributed by atoms with van der Waals surface area (Å²) in [5.41, 5.74) is 0.761. The molecule has 0 fully saturated rings. The highest BCUT2D eigenvalue weighted by molar-refractivity contribution is 5.96. The molecule has 1 amide bonds. The van der Waals surface area contributed by atoms with Gasteiger partial charge in [0.25, 0.3) is 5.91 Å². The van der Waals surface area contributed by atoms with Crippen LogP contribution in [0.15, 0.2) is 42.7 Å². The first-order chi connectivity index (χ1) is 10.8. The van der Waals surface area contributed by atoms with Crippen molar-refractivity contribution >= 4 is 5.91 Å². The van der Waals surface area contributed by atoms with Crippen LogP contribution in [0.1, 0.15) is 15.9 Å². The predicted octanol–water partition coefficient (Wildman–Crippen LogP) is 2.66. The lowest BCUT2D eigenvalue weighted by molar-refractivity contribution is -0.153. The molecule has 0 atom stereocenters. The van der Waals surface area contributed by atoms with Crippen LogP contribution >= 0.6 is 0 Å². The third-order valence-corrected chi connectivity index (χ3v) is 2.82. The summed E-state index contributed by atoms with van der Waals surface area (Å²) in [4.78, 5) is 15.5. The molecule has 23 heavy (non-hydrogen) atoms. The van der Waals surface area contributed by atoms with Gasteiger partial charge in [-0.2, -0.15) is 13.2 Å². The molecule has 1 heterocycles. The molecule has 8 heteroatoms. The molecular weight excluding hydrogens is 313 g/mol. The van der Waals surface area contributed by atoms with E-state index in [9.17, 15) is 23.1 Å². The number of pyridine rings is 1. The summed E-state index contributed by atoms with van der Waals surface area (Å²) in [6, 6.07) is 7.23. The molecule has 2 rings (SSSR count). The number of amides is 1. The number of nitrogens with zero attached hydrogens (tertiary/aromatic N) is 1. The first-order valence-electron chi connectivity index (χ1n) is 6.55. The molecule has 0 saturated heterocycles. The number of ether oxygens (including phenoxy) is 1. The molecule has 0 aliphatic carbocycles. The second-order valence-corrected chi connectivity index (χ2v) is 4.62. The Hall–Kier alpha value is -2.77. The van der Waals surface area contributed by atoms with Crippen molar-refractivity contribution in [1.29, 1.82) is 0 Å². The average molecular weight is 326 g/mol. The Balaban J connectivity index is 1.89. The van der Waals surface area contributed by atoms with Crippen molar-refractivity contribution in [3.63, 3.8) is 0 Å². The third kappa shape index (κ3) is 5.17. The Kier molecular flexibility index (Phi) is 5.05. The minimum absolute atomic E-state index is 0.0872. The summed E-state index contributed by atoms with van der Waals surface area (Å²) in [6.45, 7) is -1.20. The van der Waals surface area contributed by atoms with Crippen molar-refractivity contribution in [2.24, 2.45) is 0 Å². The molecule has 0 bridgehead atoms. The fraction of sp³-hybridized carbons (Fsp3) is 0.200. The molecule has 2 N–H and O–H groups in total. The lowest BCUT2D eigenvalue weighted by Crippen LogP contribution is -2.23. The molecule has 0 spiro atoms. The summed E-state index contributed by atoms with van der Waals surface area (Å²) < 4.78 is 40.7. The Morgan fingerprint density at radius 3 is 2.52 bits per heavy atom. The van der Waals surface area contributed by atoms with Crippen molar-refractivity contribution in [2.45, 2.75) is 12.7 Å². The number of halogens is 3. The number of rotatable bonds is 5. The molecule has 5 nitrogen and oxygen atoms in total. The highest BCUT2D eigenvalue weighted by Crippen LogP contribution is 2.19. The maximum atomic E-state index is 12.0. The molecule has 1 aromatic carbocycles. The standard InChI is InChI=1S/C15H13F3N2O3/c16-15(17,18)9-23-11-3-1-10(2-4-11)7-20-14(22)12-5-6-19-8-13(12)21/h1-6,8,21H,7,9H2,(H,20,22). The highest BCUT2D eigenvalue weighted by Gasteiger charge is 2.28. The van der Waals surface area contributed by atoms with Gasteiger partial charge < -0.3 is 15.2 Å². The van der Waals surface area contributed by atoms with Crippen molar-refractivity contribution in [2.75, 3.05) is 6.61 Å². The SMILES string of the molecule is O=C(NCc1ccc(OCC(F)(F)F)cc1)c1ccncc1O. The molecule has 0 unspecified atom stereocenters. The number of carbonyl (C=O) groups is 1. The van der Waals surface area contributed by atoms with Gasteiger partial charge in [0, 0.05) is 12.7 Å². The minimum atomic E-state index is -4.39. The van der Waals surface area contributed by atoms with Gasteiger partial charge in [-0.1, -0.05) is 12.1 Å². The molecule has 0 aliphatic rings. The van der Waals surface area contributed by atoms with Gasteiger partial charge in [0.1, 0.15) is 11.5 Å². The summed E-state index contributed by atoms with van der Waals surface area (Å²) >= 11 is 0. The van der Waals surface area contributed by atoms with Crippen LogP contribution in [0.5, 0.6) is 11.5 Å². The van der Waals surface area contributed by atoms with Crippen LogP contribution in [0.3, 0.4) is 0 Å². The van der Waals surface area contributed by atoms with E-state index in [0.29, 0.717) is 5.56 Å². The zero-order chi connectivity index (χ0) is 16.9. The van der Waals surface area contributed by atoms with Crippen molar-refractivity contribution in [3.05, 3.63) is 53.9 Å². The van der Waals surface area contributed by atoms with E-state index in [2.05, 4.69) is 15.0 Å². The fourth-order valence-corrected chi connectivity index (χ4v) is 1.72. The number of benzene rings is 1. The number of nitrogens with one attached hydrogen (secondary N) is 1. The van der Waals surface area contributed by atoms with Gasteiger partial charge in [0.2, 0.25) is 0 Å². The number of carbonyl (C=O) groups excluding carboxylic acids is 1. The van der Waals surface area contributed by atoms with Crippen LogP contribution in [0.25, 0.3) is 0 Å². The van der Waals surface area contributed by atoms with Gasteiger partial charge in [-0.05, 0) is 23.8 Å². The molecular formula is C15H13F3N2O3. The number of alkyl halides is 3. The third-order valence-electron chi connectivity index (χ3n) is 2.82. The summed E-state index contributed by atoms with van der Waals surface area (Å²) in [6.07, 6.45) is -1.86. The Labute approximate surface area is 129 Å². The van der Waals surface area contributed by atoms with Crippen molar-refractivity contribution in [3.8, 4) is 11.5 Å². The summed E-state index contributed by atoms with van der Waals surface area (Å²) in [5.74, 6) is -0.632. The van der Waals surface area contributed by atoms with Crippen LogP contribution in [-0.2, 0) is 6.54 Å². The van der Waals surface area contributed by atoms with Gasteiger partial charge in [-0.25, -0.2) is 0 Å². The van der Waals surface area contributed by atoms with Crippen LogP contribution in [0.4, 0.5) is 13.2 Å². The second kappa shape index (κ2) is 6.99. The largest absolute Gasteiger partial charge is 0.505 e. The van der Waals surface area contributed by atoms with Gasteiger partial charge in [0.15, 0.2) is 6.61 Å². The fourth-order valence-electron chi connectivity index (χ4n) is 1.72.